The first-order valence-electron chi connectivity index (χ1n) is 10.7. The lowest BCUT2D eigenvalue weighted by Gasteiger charge is -2.18. The third kappa shape index (κ3) is 15.6. The molecule has 0 aromatic carbocycles. The molecule has 12 heteroatoms. The molecule has 0 heterocycles. The van der Waals surface area contributed by atoms with Gasteiger partial charge in [-0.3, -0.25) is 4.79 Å². The molecule has 35 heavy (non-hydrogen) atoms. The highest BCUT2D eigenvalue weighted by Gasteiger charge is 2.21. The highest BCUT2D eigenvalue weighted by atomic mass is 16.6. The molecular weight excluding hydrogens is 464 g/mol. The molecule has 0 N–H and O–H groups in total. The van der Waals surface area contributed by atoms with Gasteiger partial charge in [-0.2, -0.15) is 4.99 Å². The molecule has 0 radical (unpaired) electrons. The summed E-state index contributed by atoms with van der Waals surface area (Å²) >= 11 is 0. The van der Waals surface area contributed by atoms with Gasteiger partial charge in [-0.05, 0) is 39.5 Å². The van der Waals surface area contributed by atoms with Gasteiger partial charge in [0.05, 0.1) is 13.2 Å². The molecule has 0 spiro atoms. The van der Waals surface area contributed by atoms with Gasteiger partial charge in [-0.1, -0.05) is 13.2 Å². The number of hydrogen-bond acceptors (Lipinski definition) is 12. The second kappa shape index (κ2) is 18.5. The first-order valence-corrected chi connectivity index (χ1v) is 10.7. The molecule has 1 unspecified atom stereocenters. The number of nitrogens with zero attached hydrogens (tertiary/aromatic N) is 2. The molecule has 1 atom stereocenters. The summed E-state index contributed by atoms with van der Waals surface area (Å²) in [5.74, 6) is -2.86. The van der Waals surface area contributed by atoms with Crippen molar-refractivity contribution in [3.05, 3.63) is 24.3 Å². The minimum atomic E-state index is -1.06. The number of carbonyl (C=O) groups excluding carboxylic acids is 6. The molecule has 0 fully saturated rings. The number of aliphatic imine (C=N–C) groups is 2. The fourth-order valence-electron chi connectivity index (χ4n) is 2.30. The van der Waals surface area contributed by atoms with Gasteiger partial charge >= 0.3 is 23.9 Å². The van der Waals surface area contributed by atoms with E-state index in [1.54, 1.807) is 0 Å². The van der Waals surface area contributed by atoms with Crippen LogP contribution >= 0.6 is 0 Å². The van der Waals surface area contributed by atoms with E-state index in [0.717, 1.165) is 0 Å². The molecule has 0 saturated carbocycles. The number of hydrogen-bond donors (Lipinski definition) is 0. The summed E-state index contributed by atoms with van der Waals surface area (Å²) in [6.45, 7) is 9.15. The quantitative estimate of drug-likeness (QED) is 0.0683. The van der Waals surface area contributed by atoms with Gasteiger partial charge in [-0.15, -0.1) is 0 Å². The highest BCUT2D eigenvalue weighted by Crippen LogP contribution is 2.09. The Morgan fingerprint density at radius 3 is 1.97 bits per heavy atom. The minimum Gasteiger partial charge on any atom is -0.464 e. The van der Waals surface area contributed by atoms with Crippen LogP contribution in [0.2, 0.25) is 0 Å². The summed E-state index contributed by atoms with van der Waals surface area (Å²) in [4.78, 5) is 74.7. The van der Waals surface area contributed by atoms with Gasteiger partial charge in [0.15, 0.2) is 12.1 Å². The standard InChI is InChI=1S/C23H30N2O10/c1-16(2)21(29)33-12-18(13-34-22(30)17(3)4)35-20(28)9-7-11-32-23(31)19(25-15-27)8-5-6-10-24-14-26/h18-19H,1,3,5-13H2,2,4H3. The number of rotatable bonds is 18. The largest absolute Gasteiger partial charge is 0.464 e. The van der Waals surface area contributed by atoms with Crippen molar-refractivity contribution in [2.24, 2.45) is 9.98 Å². The number of unbranched alkanes of at least 4 members (excludes halogenated alkanes) is 1. The van der Waals surface area contributed by atoms with Gasteiger partial charge in [0.2, 0.25) is 12.2 Å². The fraction of sp³-hybridized carbons (Fsp3) is 0.565. The van der Waals surface area contributed by atoms with Crippen LogP contribution in [0.4, 0.5) is 0 Å². The monoisotopic (exact) mass is 494 g/mol. The van der Waals surface area contributed by atoms with Crippen LogP contribution in [-0.2, 0) is 47.7 Å². The first kappa shape index (κ1) is 31.1. The Bertz CT molecular complexity index is 840. The van der Waals surface area contributed by atoms with Crippen LogP contribution in [-0.4, -0.2) is 74.5 Å². The predicted molar refractivity (Wildman–Crippen MR) is 120 cm³/mol. The molecule has 0 saturated heterocycles. The predicted octanol–water partition coefficient (Wildman–Crippen LogP) is 1.67. The maximum absolute atomic E-state index is 12.1. The third-order valence-corrected chi connectivity index (χ3v) is 4.11. The smallest absolute Gasteiger partial charge is 0.333 e. The van der Waals surface area contributed by atoms with E-state index in [1.165, 1.54) is 26.0 Å². The van der Waals surface area contributed by atoms with E-state index >= 15 is 0 Å². The maximum atomic E-state index is 12.1. The summed E-state index contributed by atoms with van der Waals surface area (Å²) in [7, 11) is 0. The van der Waals surface area contributed by atoms with E-state index in [9.17, 15) is 28.8 Å². The summed E-state index contributed by atoms with van der Waals surface area (Å²) in [5.41, 5.74) is 0.282. The van der Waals surface area contributed by atoms with E-state index < -0.39 is 36.0 Å². The molecular formula is C23H30N2O10. The zero-order valence-electron chi connectivity index (χ0n) is 19.9. The summed E-state index contributed by atoms with van der Waals surface area (Å²) in [6.07, 6.45) is 2.77. The van der Waals surface area contributed by atoms with E-state index in [0.29, 0.717) is 12.8 Å². The zero-order chi connectivity index (χ0) is 26.6. The van der Waals surface area contributed by atoms with E-state index in [4.69, 9.17) is 18.9 Å². The van der Waals surface area contributed by atoms with Crippen molar-refractivity contribution in [3.8, 4) is 0 Å². The Hall–Kier alpha value is -3.88. The van der Waals surface area contributed by atoms with Crippen LogP contribution < -0.4 is 0 Å². The van der Waals surface area contributed by atoms with Gasteiger partial charge in [0.1, 0.15) is 13.2 Å². The van der Waals surface area contributed by atoms with Gasteiger partial charge in [0, 0.05) is 17.6 Å². The number of ether oxygens (including phenoxy) is 4. The van der Waals surface area contributed by atoms with Gasteiger partial charge in [-0.25, -0.2) is 29.0 Å². The molecule has 0 aromatic heterocycles. The second-order valence-corrected chi connectivity index (χ2v) is 7.35. The first-order chi connectivity index (χ1) is 16.6. The van der Waals surface area contributed by atoms with Gasteiger partial charge < -0.3 is 18.9 Å². The third-order valence-electron chi connectivity index (χ3n) is 4.11. The van der Waals surface area contributed by atoms with Gasteiger partial charge in [0.25, 0.3) is 0 Å². The molecule has 0 aromatic rings. The summed E-state index contributed by atoms with van der Waals surface area (Å²) in [5, 5.41) is 0. The topological polar surface area (TPSA) is 164 Å². The van der Waals surface area contributed by atoms with Crippen molar-refractivity contribution in [1.29, 1.82) is 0 Å². The number of isocyanates is 2. The average molecular weight is 494 g/mol. The minimum absolute atomic E-state index is 0.0972. The van der Waals surface area contributed by atoms with Crippen LogP contribution in [0.15, 0.2) is 34.3 Å². The van der Waals surface area contributed by atoms with Crippen molar-refractivity contribution in [1.82, 2.24) is 0 Å². The SMILES string of the molecule is C=C(C)C(=O)OCC(COC(=O)C(=C)C)OC(=O)CCCOC(=O)C(CCCCN=C=O)N=C=O. The molecule has 0 aliphatic heterocycles. The molecule has 0 rings (SSSR count). The Morgan fingerprint density at radius 1 is 0.857 bits per heavy atom. The van der Waals surface area contributed by atoms with Crippen LogP contribution in [0.5, 0.6) is 0 Å². The number of esters is 4. The number of carbonyl (C=O) groups is 4. The Labute approximate surface area is 203 Å². The lowest BCUT2D eigenvalue weighted by molar-refractivity contribution is -0.164. The van der Waals surface area contributed by atoms with Crippen LogP contribution in [0.3, 0.4) is 0 Å². The Morgan fingerprint density at radius 2 is 1.46 bits per heavy atom. The van der Waals surface area contributed by atoms with E-state index in [2.05, 4.69) is 23.1 Å². The van der Waals surface area contributed by atoms with Crippen molar-refractivity contribution < 1.29 is 47.7 Å². The summed E-state index contributed by atoms with van der Waals surface area (Å²) < 4.78 is 20.1. The fourth-order valence-corrected chi connectivity index (χ4v) is 2.30. The molecule has 192 valence electrons. The second-order valence-electron chi connectivity index (χ2n) is 7.35. The van der Waals surface area contributed by atoms with E-state index in [-0.39, 0.29) is 56.8 Å². The maximum Gasteiger partial charge on any atom is 0.333 e. The summed E-state index contributed by atoms with van der Waals surface area (Å²) in [6, 6.07) is -1.05. The lowest BCUT2D eigenvalue weighted by Crippen LogP contribution is -2.31. The Kier molecular flexibility index (Phi) is 16.5. The van der Waals surface area contributed by atoms with Crippen LogP contribution in [0, 0.1) is 0 Å². The van der Waals surface area contributed by atoms with Crippen LogP contribution in [0.25, 0.3) is 0 Å². The molecule has 0 bridgehead atoms. The lowest BCUT2D eigenvalue weighted by atomic mass is 10.1. The van der Waals surface area contributed by atoms with Crippen molar-refractivity contribution >= 4 is 36.0 Å². The van der Waals surface area contributed by atoms with Crippen molar-refractivity contribution in [3.63, 3.8) is 0 Å². The zero-order valence-corrected chi connectivity index (χ0v) is 19.9. The van der Waals surface area contributed by atoms with Crippen LogP contribution in [0.1, 0.15) is 46.0 Å². The normalized spacial score (nSPS) is 10.7. The van der Waals surface area contributed by atoms with Crippen molar-refractivity contribution in [2.75, 3.05) is 26.4 Å². The molecule has 12 nitrogen and oxygen atoms in total. The molecule has 0 amide bonds. The molecule has 0 aliphatic rings. The average Bonchev–Trinajstić information content (AvgIpc) is 2.81. The Balaban J connectivity index is 4.59. The molecule has 0 aliphatic carbocycles. The van der Waals surface area contributed by atoms with E-state index in [1.807, 2.05) is 0 Å². The highest BCUT2D eigenvalue weighted by molar-refractivity contribution is 5.87. The van der Waals surface area contributed by atoms with Crippen molar-refractivity contribution in [2.45, 2.75) is 58.1 Å².